The summed E-state index contributed by atoms with van der Waals surface area (Å²) in [6.45, 7) is 8.61. The fourth-order valence-electron chi connectivity index (χ4n) is 3.01. The Morgan fingerprint density at radius 3 is 2.47 bits per heavy atom. The van der Waals surface area contributed by atoms with E-state index in [1.807, 2.05) is 0 Å². The molecule has 2 aliphatic rings. The zero-order valence-electron chi connectivity index (χ0n) is 10.8. The molecular formula is C14H19N3. The van der Waals surface area contributed by atoms with Gasteiger partial charge in [0.1, 0.15) is 12.5 Å². The van der Waals surface area contributed by atoms with E-state index in [0.29, 0.717) is 0 Å². The molecule has 2 aliphatic heterocycles. The van der Waals surface area contributed by atoms with Crippen molar-refractivity contribution in [3.63, 3.8) is 0 Å². The minimum Gasteiger partial charge on any atom is -0.339 e. The van der Waals surface area contributed by atoms with Gasteiger partial charge in [0, 0.05) is 13.0 Å². The summed E-state index contributed by atoms with van der Waals surface area (Å²) in [6, 6.07) is 4.48. The first kappa shape index (κ1) is 10.6. The second-order valence-corrected chi connectivity index (χ2v) is 5.17. The van der Waals surface area contributed by atoms with E-state index in [4.69, 9.17) is 5.10 Å². The van der Waals surface area contributed by atoms with Crippen molar-refractivity contribution in [2.45, 2.75) is 33.6 Å². The van der Waals surface area contributed by atoms with Crippen LogP contribution in [0, 0.1) is 20.8 Å². The van der Waals surface area contributed by atoms with E-state index in [9.17, 15) is 0 Å². The molecule has 0 saturated carbocycles. The van der Waals surface area contributed by atoms with Crippen LogP contribution in [0.25, 0.3) is 0 Å². The van der Waals surface area contributed by atoms with Gasteiger partial charge < -0.3 is 4.90 Å². The standard InChI is InChI=1S/C14H19N3/c1-10-7-11(2)14(12(3)8-10)17-9-16-6-4-5-13(16)15-17/h7-8H,4-6,9H2,1-3H3. The normalized spacial score (nSPS) is 18.6. The third-order valence-corrected chi connectivity index (χ3v) is 3.63. The molecule has 1 aromatic rings. The van der Waals surface area contributed by atoms with Gasteiger partial charge in [-0.05, 0) is 38.3 Å². The van der Waals surface area contributed by atoms with Crippen LogP contribution < -0.4 is 5.01 Å². The molecule has 0 aliphatic carbocycles. The quantitative estimate of drug-likeness (QED) is 0.737. The van der Waals surface area contributed by atoms with Gasteiger partial charge in [0.05, 0.1) is 5.69 Å². The number of rotatable bonds is 1. The minimum atomic E-state index is 0.931. The number of aryl methyl sites for hydroxylation is 3. The molecule has 0 N–H and O–H groups in total. The summed E-state index contributed by atoms with van der Waals surface area (Å²) >= 11 is 0. The Morgan fingerprint density at radius 2 is 1.82 bits per heavy atom. The van der Waals surface area contributed by atoms with E-state index < -0.39 is 0 Å². The molecule has 1 saturated heterocycles. The first-order valence-electron chi connectivity index (χ1n) is 6.33. The predicted molar refractivity (Wildman–Crippen MR) is 71.4 cm³/mol. The highest BCUT2D eigenvalue weighted by atomic mass is 15.6. The minimum absolute atomic E-state index is 0.931. The lowest BCUT2D eigenvalue weighted by Gasteiger charge is -2.21. The molecule has 3 nitrogen and oxygen atoms in total. The van der Waals surface area contributed by atoms with Crippen molar-refractivity contribution in [2.75, 3.05) is 18.2 Å². The maximum Gasteiger partial charge on any atom is 0.127 e. The lowest BCUT2D eigenvalue weighted by atomic mass is 10.1. The Morgan fingerprint density at radius 1 is 1.12 bits per heavy atom. The summed E-state index contributed by atoms with van der Waals surface area (Å²) < 4.78 is 0. The van der Waals surface area contributed by atoms with E-state index >= 15 is 0 Å². The van der Waals surface area contributed by atoms with E-state index in [0.717, 1.165) is 13.1 Å². The van der Waals surface area contributed by atoms with Crippen LogP contribution in [0.5, 0.6) is 0 Å². The number of fused-ring (bicyclic) bond motifs is 1. The van der Waals surface area contributed by atoms with Crippen molar-refractivity contribution < 1.29 is 0 Å². The summed E-state index contributed by atoms with van der Waals surface area (Å²) in [5, 5.41) is 6.91. The van der Waals surface area contributed by atoms with E-state index in [-0.39, 0.29) is 0 Å². The van der Waals surface area contributed by atoms with E-state index in [1.54, 1.807) is 0 Å². The molecule has 1 aromatic carbocycles. The van der Waals surface area contributed by atoms with Crippen LogP contribution in [-0.2, 0) is 0 Å². The van der Waals surface area contributed by atoms with Crippen molar-refractivity contribution in [1.29, 1.82) is 0 Å². The van der Waals surface area contributed by atoms with Gasteiger partial charge in [0.2, 0.25) is 0 Å². The van der Waals surface area contributed by atoms with Gasteiger partial charge >= 0.3 is 0 Å². The fourth-order valence-corrected chi connectivity index (χ4v) is 3.01. The molecule has 17 heavy (non-hydrogen) atoms. The average molecular weight is 229 g/mol. The first-order chi connectivity index (χ1) is 8.15. The molecule has 0 unspecified atom stereocenters. The van der Waals surface area contributed by atoms with E-state index in [2.05, 4.69) is 42.8 Å². The number of hydrogen-bond donors (Lipinski definition) is 0. The predicted octanol–water partition coefficient (Wildman–Crippen LogP) is 2.80. The van der Waals surface area contributed by atoms with Crippen LogP contribution in [0.1, 0.15) is 29.5 Å². The third kappa shape index (κ3) is 1.70. The summed E-state index contributed by atoms with van der Waals surface area (Å²) in [5.74, 6) is 1.27. The van der Waals surface area contributed by atoms with Crippen LogP contribution in [0.3, 0.4) is 0 Å². The number of hydrazone groups is 1. The van der Waals surface area contributed by atoms with Crippen LogP contribution in [-0.4, -0.2) is 23.9 Å². The molecule has 0 bridgehead atoms. The Hall–Kier alpha value is -1.51. The Labute approximate surface area is 103 Å². The van der Waals surface area contributed by atoms with Gasteiger partial charge in [-0.2, -0.15) is 5.10 Å². The van der Waals surface area contributed by atoms with Crippen molar-refractivity contribution in [2.24, 2.45) is 5.10 Å². The smallest absolute Gasteiger partial charge is 0.127 e. The molecule has 1 fully saturated rings. The largest absolute Gasteiger partial charge is 0.339 e. The summed E-state index contributed by atoms with van der Waals surface area (Å²) in [4.78, 5) is 2.39. The highest BCUT2D eigenvalue weighted by Gasteiger charge is 2.28. The van der Waals surface area contributed by atoms with Crippen LogP contribution in [0.4, 0.5) is 5.69 Å². The van der Waals surface area contributed by atoms with Crippen molar-refractivity contribution in [3.05, 3.63) is 28.8 Å². The van der Waals surface area contributed by atoms with Gasteiger partial charge in [0.25, 0.3) is 0 Å². The molecule has 0 radical (unpaired) electrons. The highest BCUT2D eigenvalue weighted by molar-refractivity contribution is 5.87. The van der Waals surface area contributed by atoms with Crippen molar-refractivity contribution in [3.8, 4) is 0 Å². The molecule has 0 amide bonds. The monoisotopic (exact) mass is 229 g/mol. The lowest BCUT2D eigenvalue weighted by molar-refractivity contribution is 0.478. The SMILES string of the molecule is Cc1cc(C)c(N2CN3CCCC3=N2)c(C)c1. The van der Waals surface area contributed by atoms with Crippen LogP contribution >= 0.6 is 0 Å². The number of amidine groups is 1. The summed E-state index contributed by atoms with van der Waals surface area (Å²) in [6.07, 6.45) is 2.40. The van der Waals surface area contributed by atoms with Gasteiger partial charge in [0.15, 0.2) is 0 Å². The van der Waals surface area contributed by atoms with Gasteiger partial charge in [-0.1, -0.05) is 17.7 Å². The number of anilines is 1. The summed E-state index contributed by atoms with van der Waals surface area (Å²) in [5.41, 5.74) is 5.27. The molecule has 3 heteroatoms. The molecule has 90 valence electrons. The number of hydrogen-bond acceptors (Lipinski definition) is 3. The Bertz CT molecular complexity index is 467. The second-order valence-electron chi connectivity index (χ2n) is 5.17. The molecule has 2 heterocycles. The maximum atomic E-state index is 4.75. The Kier molecular flexibility index (Phi) is 2.35. The van der Waals surface area contributed by atoms with Crippen molar-refractivity contribution >= 4 is 11.5 Å². The second kappa shape index (κ2) is 3.76. The molecule has 0 spiro atoms. The maximum absolute atomic E-state index is 4.75. The average Bonchev–Trinajstić information content (AvgIpc) is 2.75. The molecular weight excluding hydrogens is 210 g/mol. The molecule has 0 atom stereocenters. The lowest BCUT2D eigenvalue weighted by Crippen LogP contribution is -2.27. The third-order valence-electron chi connectivity index (χ3n) is 3.63. The Balaban J connectivity index is 1.98. The number of benzene rings is 1. The van der Waals surface area contributed by atoms with E-state index in [1.165, 1.54) is 41.2 Å². The summed E-state index contributed by atoms with van der Waals surface area (Å²) in [7, 11) is 0. The molecule has 0 aromatic heterocycles. The zero-order valence-corrected chi connectivity index (χ0v) is 10.8. The molecule has 3 rings (SSSR count). The zero-order chi connectivity index (χ0) is 12.0. The highest BCUT2D eigenvalue weighted by Crippen LogP contribution is 2.30. The van der Waals surface area contributed by atoms with Crippen LogP contribution in [0.15, 0.2) is 17.2 Å². The topological polar surface area (TPSA) is 18.8 Å². The van der Waals surface area contributed by atoms with Gasteiger partial charge in [-0.3, -0.25) is 0 Å². The van der Waals surface area contributed by atoms with Crippen molar-refractivity contribution in [1.82, 2.24) is 4.90 Å². The van der Waals surface area contributed by atoms with Gasteiger partial charge in [-0.25, -0.2) is 5.01 Å². The first-order valence-corrected chi connectivity index (χ1v) is 6.33. The van der Waals surface area contributed by atoms with Crippen LogP contribution in [0.2, 0.25) is 0 Å². The van der Waals surface area contributed by atoms with Gasteiger partial charge in [-0.15, -0.1) is 0 Å². The fraction of sp³-hybridized carbons (Fsp3) is 0.500. The number of nitrogens with zero attached hydrogens (tertiary/aromatic N) is 3.